The molecular weight excluding hydrogens is 292 g/mol. The zero-order valence-electron chi connectivity index (χ0n) is 10.7. The summed E-state index contributed by atoms with van der Waals surface area (Å²) in [5, 5.41) is 22.9. The van der Waals surface area contributed by atoms with Crippen LogP contribution in [0, 0.1) is 20.2 Å². The number of nitro benzene ring substituents is 2. The number of thioether (sulfide) groups is 1. The van der Waals surface area contributed by atoms with Crippen molar-refractivity contribution in [2.24, 2.45) is 0 Å². The molecular formula is C14H10N2O4S. The van der Waals surface area contributed by atoms with Gasteiger partial charge in [-0.15, -0.1) is 0 Å². The molecule has 0 radical (unpaired) electrons. The Morgan fingerprint density at radius 1 is 0.810 bits per heavy atom. The van der Waals surface area contributed by atoms with Crippen LogP contribution in [0.5, 0.6) is 0 Å². The molecule has 0 atom stereocenters. The molecule has 0 saturated heterocycles. The fourth-order valence-corrected chi connectivity index (χ4v) is 2.22. The van der Waals surface area contributed by atoms with Crippen LogP contribution in [-0.4, -0.2) is 9.85 Å². The van der Waals surface area contributed by atoms with Crippen molar-refractivity contribution in [1.82, 2.24) is 0 Å². The molecule has 0 aromatic heterocycles. The normalized spacial score (nSPS) is 10.7. The molecule has 6 nitrogen and oxygen atoms in total. The molecule has 7 heteroatoms. The first-order valence-corrected chi connectivity index (χ1v) is 6.76. The van der Waals surface area contributed by atoms with Gasteiger partial charge >= 0.3 is 0 Å². The molecule has 0 unspecified atom stereocenters. The largest absolute Gasteiger partial charge is 0.269 e. The zero-order valence-corrected chi connectivity index (χ0v) is 11.5. The van der Waals surface area contributed by atoms with Crippen molar-refractivity contribution in [3.63, 3.8) is 0 Å². The second-order valence-corrected chi connectivity index (χ2v) is 5.00. The van der Waals surface area contributed by atoms with E-state index in [4.69, 9.17) is 0 Å². The van der Waals surface area contributed by atoms with Crippen molar-refractivity contribution in [3.05, 3.63) is 79.7 Å². The summed E-state index contributed by atoms with van der Waals surface area (Å²) in [7, 11) is 0. The van der Waals surface area contributed by atoms with E-state index in [1.165, 1.54) is 36.0 Å². The summed E-state index contributed by atoms with van der Waals surface area (Å²) in [6, 6.07) is 12.4. The molecule has 2 rings (SSSR count). The second kappa shape index (κ2) is 6.67. The Kier molecular flexibility index (Phi) is 4.68. The summed E-state index contributed by atoms with van der Waals surface area (Å²) in [5.41, 5.74) is 0.948. The zero-order chi connectivity index (χ0) is 15.2. The molecule has 0 aliphatic heterocycles. The minimum Gasteiger partial charge on any atom is -0.258 e. The Labute approximate surface area is 124 Å². The molecule has 0 N–H and O–H groups in total. The summed E-state index contributed by atoms with van der Waals surface area (Å²) >= 11 is 1.41. The van der Waals surface area contributed by atoms with E-state index in [2.05, 4.69) is 0 Å². The van der Waals surface area contributed by atoms with Crippen LogP contribution < -0.4 is 0 Å². The number of nitrogens with zero attached hydrogens (tertiary/aromatic N) is 2. The highest BCUT2D eigenvalue weighted by Crippen LogP contribution is 2.23. The maximum absolute atomic E-state index is 10.5. The molecule has 0 saturated carbocycles. The highest BCUT2D eigenvalue weighted by molar-refractivity contribution is 8.02. The lowest BCUT2D eigenvalue weighted by molar-refractivity contribution is -0.385. The van der Waals surface area contributed by atoms with Crippen molar-refractivity contribution >= 4 is 29.2 Å². The number of non-ortho nitro benzene ring substituents is 2. The van der Waals surface area contributed by atoms with Crippen molar-refractivity contribution in [2.75, 3.05) is 0 Å². The van der Waals surface area contributed by atoms with Crippen LogP contribution in [0.15, 0.2) is 58.8 Å². The highest BCUT2D eigenvalue weighted by Gasteiger charge is 2.04. The van der Waals surface area contributed by atoms with Gasteiger partial charge in [0, 0.05) is 29.2 Å². The molecule has 0 amide bonds. The van der Waals surface area contributed by atoms with Gasteiger partial charge in [0.05, 0.1) is 9.85 Å². The lowest BCUT2D eigenvalue weighted by atomic mass is 10.2. The number of hydrogen-bond acceptors (Lipinski definition) is 5. The summed E-state index contributed by atoms with van der Waals surface area (Å²) < 4.78 is 0. The first-order valence-electron chi connectivity index (χ1n) is 5.88. The Morgan fingerprint density at radius 3 is 1.76 bits per heavy atom. The monoisotopic (exact) mass is 302 g/mol. The minimum absolute atomic E-state index is 0.0511. The number of nitro groups is 2. The van der Waals surface area contributed by atoms with Crippen LogP contribution in [0.2, 0.25) is 0 Å². The third kappa shape index (κ3) is 4.15. The van der Waals surface area contributed by atoms with Gasteiger partial charge in [-0.2, -0.15) is 0 Å². The number of rotatable bonds is 5. The predicted octanol–water partition coefficient (Wildman–Crippen LogP) is 4.27. The van der Waals surface area contributed by atoms with Gasteiger partial charge in [0.1, 0.15) is 0 Å². The topological polar surface area (TPSA) is 86.3 Å². The average molecular weight is 302 g/mol. The van der Waals surface area contributed by atoms with Gasteiger partial charge in [-0.3, -0.25) is 20.2 Å². The highest BCUT2D eigenvalue weighted by atomic mass is 32.2. The average Bonchev–Trinajstić information content (AvgIpc) is 2.48. The second-order valence-electron chi connectivity index (χ2n) is 4.02. The van der Waals surface area contributed by atoms with Gasteiger partial charge in [-0.05, 0) is 41.3 Å². The smallest absolute Gasteiger partial charge is 0.258 e. The van der Waals surface area contributed by atoms with E-state index in [-0.39, 0.29) is 11.4 Å². The van der Waals surface area contributed by atoms with Crippen LogP contribution in [0.25, 0.3) is 6.08 Å². The SMILES string of the molecule is O=[N+]([O-])c1ccc(/C=C/Sc2ccc([N+](=O)[O-])cc2)cc1. The summed E-state index contributed by atoms with van der Waals surface area (Å²) in [5.74, 6) is 0. The molecule has 2 aromatic rings. The molecule has 106 valence electrons. The van der Waals surface area contributed by atoms with Crippen LogP contribution in [-0.2, 0) is 0 Å². The molecule has 0 fully saturated rings. The number of hydrogen-bond donors (Lipinski definition) is 0. The van der Waals surface area contributed by atoms with Crippen molar-refractivity contribution < 1.29 is 9.85 Å². The van der Waals surface area contributed by atoms with Gasteiger partial charge in [0.15, 0.2) is 0 Å². The number of benzene rings is 2. The van der Waals surface area contributed by atoms with Crippen LogP contribution in [0.3, 0.4) is 0 Å². The van der Waals surface area contributed by atoms with E-state index < -0.39 is 9.85 Å². The Morgan fingerprint density at radius 2 is 1.29 bits per heavy atom. The van der Waals surface area contributed by atoms with Crippen molar-refractivity contribution in [1.29, 1.82) is 0 Å². The van der Waals surface area contributed by atoms with E-state index >= 15 is 0 Å². The molecule has 0 bridgehead atoms. The van der Waals surface area contributed by atoms with Crippen LogP contribution >= 0.6 is 11.8 Å². The van der Waals surface area contributed by atoms with Gasteiger partial charge in [-0.25, -0.2) is 0 Å². The van der Waals surface area contributed by atoms with Gasteiger partial charge in [-0.1, -0.05) is 11.8 Å². The van der Waals surface area contributed by atoms with E-state index in [9.17, 15) is 20.2 Å². The van der Waals surface area contributed by atoms with Crippen LogP contribution in [0.4, 0.5) is 11.4 Å². The minimum atomic E-state index is -0.445. The van der Waals surface area contributed by atoms with Crippen LogP contribution in [0.1, 0.15) is 5.56 Å². The van der Waals surface area contributed by atoms with E-state index in [1.807, 2.05) is 11.5 Å². The maximum Gasteiger partial charge on any atom is 0.269 e. The van der Waals surface area contributed by atoms with Crippen molar-refractivity contribution in [3.8, 4) is 0 Å². The maximum atomic E-state index is 10.5. The first kappa shape index (κ1) is 14.7. The quantitative estimate of drug-likeness (QED) is 0.467. The standard InChI is InChI=1S/C14H10N2O4S/c17-15(18)12-3-1-11(2-4-12)9-10-21-14-7-5-13(6-8-14)16(19)20/h1-10H/b10-9+. The Hall–Kier alpha value is -2.67. The summed E-state index contributed by atoms with van der Waals surface area (Å²) in [6.07, 6.45) is 1.82. The van der Waals surface area contributed by atoms with Gasteiger partial charge in [0.2, 0.25) is 0 Å². The third-order valence-electron chi connectivity index (χ3n) is 2.62. The lowest BCUT2D eigenvalue weighted by Gasteiger charge is -1.96. The fraction of sp³-hybridized carbons (Fsp3) is 0. The van der Waals surface area contributed by atoms with E-state index in [0.717, 1.165) is 10.5 Å². The lowest BCUT2D eigenvalue weighted by Crippen LogP contribution is -1.86. The van der Waals surface area contributed by atoms with E-state index in [0.29, 0.717) is 0 Å². The molecule has 0 aliphatic carbocycles. The van der Waals surface area contributed by atoms with Crippen molar-refractivity contribution in [2.45, 2.75) is 4.90 Å². The Balaban J connectivity index is 1.98. The molecule has 0 heterocycles. The molecule has 0 spiro atoms. The summed E-state index contributed by atoms with van der Waals surface area (Å²) in [6.45, 7) is 0. The Bertz CT molecular complexity index is 681. The van der Waals surface area contributed by atoms with Gasteiger partial charge in [0.25, 0.3) is 11.4 Å². The van der Waals surface area contributed by atoms with Gasteiger partial charge < -0.3 is 0 Å². The predicted molar refractivity (Wildman–Crippen MR) is 81.1 cm³/mol. The molecule has 2 aromatic carbocycles. The molecule has 21 heavy (non-hydrogen) atoms. The van der Waals surface area contributed by atoms with E-state index in [1.54, 1.807) is 24.3 Å². The first-order chi connectivity index (χ1) is 10.1. The third-order valence-corrected chi connectivity index (χ3v) is 3.43. The fourth-order valence-electron chi connectivity index (χ4n) is 1.54. The summed E-state index contributed by atoms with van der Waals surface area (Å²) in [4.78, 5) is 21.0. The molecule has 0 aliphatic rings.